The highest BCUT2D eigenvalue weighted by molar-refractivity contribution is 5.99. The Kier molecular flexibility index (Phi) is 4.39. The number of likely N-dealkylation sites (N-methyl/N-ethyl adjacent to an activating group) is 1. The van der Waals surface area contributed by atoms with E-state index in [-0.39, 0.29) is 11.8 Å². The van der Waals surface area contributed by atoms with Gasteiger partial charge in [-0.1, -0.05) is 6.42 Å². The van der Waals surface area contributed by atoms with Crippen LogP contribution in [0.2, 0.25) is 0 Å². The van der Waals surface area contributed by atoms with Gasteiger partial charge < -0.3 is 5.32 Å². The minimum absolute atomic E-state index is 0.134. The largest absolute Gasteiger partial charge is 0.341 e. The summed E-state index contributed by atoms with van der Waals surface area (Å²) in [4.78, 5) is 31.1. The zero-order chi connectivity index (χ0) is 18.3. The zero-order valence-electron chi connectivity index (χ0n) is 15.2. The third-order valence-corrected chi connectivity index (χ3v) is 5.37. The average Bonchev–Trinajstić information content (AvgIpc) is 3.17. The second kappa shape index (κ2) is 6.71. The summed E-state index contributed by atoms with van der Waals surface area (Å²) in [6.45, 7) is 3.36. The number of aliphatic imine (C=N–C) groups is 1. The van der Waals surface area contributed by atoms with E-state index in [0.717, 1.165) is 18.1 Å². The molecule has 26 heavy (non-hydrogen) atoms. The number of rotatable bonds is 4. The van der Waals surface area contributed by atoms with Crippen molar-refractivity contribution in [2.75, 3.05) is 18.5 Å². The number of amides is 2. The van der Waals surface area contributed by atoms with Gasteiger partial charge in [0.05, 0.1) is 5.69 Å². The molecular formula is C17H25N7O2. The average molecular weight is 359 g/mol. The number of aromatic nitrogens is 2. The van der Waals surface area contributed by atoms with Crippen molar-refractivity contribution < 1.29 is 9.59 Å². The van der Waals surface area contributed by atoms with Crippen molar-refractivity contribution in [3.63, 3.8) is 0 Å². The molecule has 1 fully saturated rings. The first-order valence-electron chi connectivity index (χ1n) is 9.20. The lowest BCUT2D eigenvalue weighted by Gasteiger charge is -2.29. The maximum absolute atomic E-state index is 12.7. The third-order valence-electron chi connectivity index (χ3n) is 5.37. The van der Waals surface area contributed by atoms with Crippen LogP contribution in [0.25, 0.3) is 0 Å². The SMILES string of the molecule is Cc1cc2n(n1)CCC(NC(=O)C1N=CN(CC3CCC3)N1)C(=O)N2C. The van der Waals surface area contributed by atoms with Crippen molar-refractivity contribution in [1.29, 1.82) is 0 Å². The molecule has 2 N–H and O–H groups in total. The van der Waals surface area contributed by atoms with E-state index in [2.05, 4.69) is 20.8 Å². The maximum Gasteiger partial charge on any atom is 0.261 e. The van der Waals surface area contributed by atoms with Gasteiger partial charge in [0.15, 0.2) is 6.17 Å². The number of hydrogen-bond acceptors (Lipinski definition) is 6. The predicted octanol–water partition coefficient (Wildman–Crippen LogP) is 0.0175. The highest BCUT2D eigenvalue weighted by atomic mass is 16.2. The van der Waals surface area contributed by atoms with Crippen molar-refractivity contribution in [2.24, 2.45) is 10.9 Å². The molecule has 1 saturated carbocycles. The van der Waals surface area contributed by atoms with Crippen molar-refractivity contribution in [2.45, 2.75) is 51.4 Å². The molecule has 2 atom stereocenters. The van der Waals surface area contributed by atoms with Crippen molar-refractivity contribution in [3.8, 4) is 0 Å². The summed E-state index contributed by atoms with van der Waals surface area (Å²) in [5.74, 6) is 1.02. The van der Waals surface area contributed by atoms with Crippen LogP contribution < -0.4 is 15.6 Å². The fraction of sp³-hybridized carbons (Fsp3) is 0.647. The van der Waals surface area contributed by atoms with Crippen LogP contribution in [0, 0.1) is 12.8 Å². The van der Waals surface area contributed by atoms with Gasteiger partial charge >= 0.3 is 0 Å². The molecule has 2 unspecified atom stereocenters. The molecule has 0 aromatic carbocycles. The number of nitrogens with one attached hydrogen (secondary N) is 2. The fourth-order valence-electron chi connectivity index (χ4n) is 3.62. The molecular weight excluding hydrogens is 334 g/mol. The highest BCUT2D eigenvalue weighted by Gasteiger charge is 2.33. The normalized spacial score (nSPS) is 25.8. The van der Waals surface area contributed by atoms with Gasteiger partial charge in [-0.2, -0.15) is 5.10 Å². The summed E-state index contributed by atoms with van der Waals surface area (Å²) in [5.41, 5.74) is 3.97. The molecule has 9 nitrogen and oxygen atoms in total. The Hall–Kier alpha value is -2.42. The third kappa shape index (κ3) is 3.18. The molecule has 2 amide bonds. The minimum Gasteiger partial charge on any atom is -0.341 e. The molecule has 3 heterocycles. The van der Waals surface area contributed by atoms with Crippen LogP contribution in [0.5, 0.6) is 0 Å². The summed E-state index contributed by atoms with van der Waals surface area (Å²) in [5, 5.41) is 9.14. The van der Waals surface area contributed by atoms with E-state index >= 15 is 0 Å². The van der Waals surface area contributed by atoms with Gasteiger partial charge in [-0.05, 0) is 32.1 Å². The summed E-state index contributed by atoms with van der Waals surface area (Å²) < 4.78 is 1.81. The van der Waals surface area contributed by atoms with Gasteiger partial charge in [-0.3, -0.25) is 19.5 Å². The Balaban J connectivity index is 1.35. The Morgan fingerprint density at radius 2 is 2.19 bits per heavy atom. The zero-order valence-corrected chi connectivity index (χ0v) is 15.2. The van der Waals surface area contributed by atoms with Gasteiger partial charge in [0.25, 0.3) is 11.8 Å². The molecule has 1 aromatic heterocycles. The number of carbonyl (C=O) groups is 2. The predicted molar refractivity (Wildman–Crippen MR) is 96.4 cm³/mol. The van der Waals surface area contributed by atoms with Crippen molar-refractivity contribution in [1.82, 2.24) is 25.5 Å². The van der Waals surface area contributed by atoms with E-state index in [9.17, 15) is 9.59 Å². The molecule has 3 aliphatic rings. The van der Waals surface area contributed by atoms with E-state index in [4.69, 9.17) is 0 Å². The summed E-state index contributed by atoms with van der Waals surface area (Å²) in [7, 11) is 1.71. The fourth-order valence-corrected chi connectivity index (χ4v) is 3.62. The van der Waals surface area contributed by atoms with Gasteiger partial charge in [-0.15, -0.1) is 0 Å². The molecule has 1 aliphatic carbocycles. The highest BCUT2D eigenvalue weighted by Crippen LogP contribution is 2.27. The second-order valence-electron chi connectivity index (χ2n) is 7.36. The number of aryl methyl sites for hydroxylation is 2. The molecule has 0 spiro atoms. The van der Waals surface area contributed by atoms with E-state index < -0.39 is 12.2 Å². The summed E-state index contributed by atoms with van der Waals surface area (Å²) in [6, 6.07) is 1.30. The Bertz CT molecular complexity index is 739. The van der Waals surface area contributed by atoms with Crippen molar-refractivity contribution in [3.05, 3.63) is 11.8 Å². The summed E-state index contributed by atoms with van der Waals surface area (Å²) in [6.07, 6.45) is 5.28. The van der Waals surface area contributed by atoms with Gasteiger partial charge in [0.2, 0.25) is 0 Å². The molecule has 140 valence electrons. The lowest BCUT2D eigenvalue weighted by molar-refractivity contribution is -0.129. The lowest BCUT2D eigenvalue weighted by atomic mass is 9.85. The first-order chi connectivity index (χ1) is 12.5. The van der Waals surface area contributed by atoms with Gasteiger partial charge in [-0.25, -0.2) is 15.1 Å². The smallest absolute Gasteiger partial charge is 0.261 e. The molecule has 1 aromatic rings. The molecule has 4 rings (SSSR count). The van der Waals surface area contributed by atoms with E-state index in [1.165, 1.54) is 19.3 Å². The first kappa shape index (κ1) is 17.0. The van der Waals surface area contributed by atoms with Crippen molar-refractivity contribution >= 4 is 24.0 Å². The number of anilines is 1. The first-order valence-corrected chi connectivity index (χ1v) is 9.20. The number of fused-ring (bicyclic) bond motifs is 1. The molecule has 0 saturated heterocycles. The van der Waals surface area contributed by atoms with E-state index in [1.807, 2.05) is 22.7 Å². The summed E-state index contributed by atoms with van der Waals surface area (Å²) >= 11 is 0. The standard InChI is InChI=1S/C17H25N7O2/c1-11-8-14-22(2)17(26)13(6-7-24(14)20-11)19-16(25)15-18-10-23(21-15)9-12-4-3-5-12/h8,10,12-13,15,21H,3-7,9H2,1-2H3,(H,19,25). The van der Waals surface area contributed by atoms with Crippen LogP contribution in [-0.2, 0) is 16.1 Å². The lowest BCUT2D eigenvalue weighted by Crippen LogP contribution is -2.53. The van der Waals surface area contributed by atoms with E-state index in [0.29, 0.717) is 18.9 Å². The number of hydrogen-bond donors (Lipinski definition) is 2. The molecule has 2 aliphatic heterocycles. The number of nitrogens with zero attached hydrogens (tertiary/aromatic N) is 5. The van der Waals surface area contributed by atoms with E-state index in [1.54, 1.807) is 18.3 Å². The minimum atomic E-state index is -0.671. The molecule has 0 bridgehead atoms. The quantitative estimate of drug-likeness (QED) is 0.790. The Labute approximate surface area is 152 Å². The molecule has 9 heteroatoms. The second-order valence-corrected chi connectivity index (χ2v) is 7.36. The number of hydrazine groups is 1. The van der Waals surface area contributed by atoms with Crippen LogP contribution in [0.1, 0.15) is 31.4 Å². The topological polar surface area (TPSA) is 94.9 Å². The molecule has 0 radical (unpaired) electrons. The number of carbonyl (C=O) groups excluding carboxylic acids is 2. The van der Waals surface area contributed by atoms with Gasteiger partial charge in [0.1, 0.15) is 18.2 Å². The van der Waals surface area contributed by atoms with Crippen LogP contribution in [0.4, 0.5) is 5.82 Å². The Morgan fingerprint density at radius 3 is 2.92 bits per heavy atom. The van der Waals surface area contributed by atoms with Crippen LogP contribution in [0.15, 0.2) is 11.1 Å². The van der Waals surface area contributed by atoms with Crippen LogP contribution in [-0.4, -0.2) is 58.7 Å². The monoisotopic (exact) mass is 359 g/mol. The van der Waals surface area contributed by atoms with Crippen LogP contribution in [0.3, 0.4) is 0 Å². The Morgan fingerprint density at radius 1 is 1.38 bits per heavy atom. The van der Waals surface area contributed by atoms with Gasteiger partial charge in [0, 0.05) is 26.2 Å². The maximum atomic E-state index is 12.7. The van der Waals surface area contributed by atoms with Crippen LogP contribution >= 0.6 is 0 Å².